The number of aromatic nitrogens is 5. The van der Waals surface area contributed by atoms with Crippen LogP contribution < -0.4 is 0 Å². The molecule has 0 aliphatic heterocycles. The van der Waals surface area contributed by atoms with E-state index in [1.807, 2.05) is 25.1 Å². The van der Waals surface area contributed by atoms with Crippen LogP contribution in [0.2, 0.25) is 0 Å². The fourth-order valence-corrected chi connectivity index (χ4v) is 1.99. The van der Waals surface area contributed by atoms with Crippen molar-refractivity contribution in [3.8, 4) is 11.5 Å². The van der Waals surface area contributed by atoms with Crippen LogP contribution in [0.5, 0.6) is 0 Å². The Morgan fingerprint density at radius 2 is 2.09 bits per heavy atom. The van der Waals surface area contributed by atoms with E-state index in [1.165, 1.54) is 0 Å². The van der Waals surface area contributed by atoms with Crippen LogP contribution in [-0.2, 0) is 4.74 Å². The molecular formula is C15H15N5O2. The first-order valence-electron chi connectivity index (χ1n) is 6.91. The van der Waals surface area contributed by atoms with Crippen LogP contribution >= 0.6 is 0 Å². The molecule has 0 fully saturated rings. The Hall–Kier alpha value is -2.83. The number of ether oxygens (including phenoxy) is 1. The van der Waals surface area contributed by atoms with Gasteiger partial charge in [-0.25, -0.2) is 14.3 Å². The highest BCUT2D eigenvalue weighted by Gasteiger charge is 2.16. The molecule has 0 bridgehead atoms. The third-order valence-electron chi connectivity index (χ3n) is 2.94. The molecule has 3 heterocycles. The summed E-state index contributed by atoms with van der Waals surface area (Å²) in [6, 6.07) is 7.13. The highest BCUT2D eigenvalue weighted by molar-refractivity contribution is 5.88. The van der Waals surface area contributed by atoms with E-state index < -0.39 is 5.97 Å². The molecule has 3 aromatic rings. The lowest BCUT2D eigenvalue weighted by Crippen LogP contribution is -2.14. The van der Waals surface area contributed by atoms with Crippen LogP contribution in [-0.4, -0.2) is 36.6 Å². The summed E-state index contributed by atoms with van der Waals surface area (Å²) >= 11 is 0. The number of nitrogens with zero attached hydrogens (tertiary/aromatic N) is 5. The highest BCUT2D eigenvalue weighted by Crippen LogP contribution is 2.14. The molecule has 0 aliphatic carbocycles. The van der Waals surface area contributed by atoms with Gasteiger partial charge in [-0.05, 0) is 39.0 Å². The van der Waals surface area contributed by atoms with Crippen molar-refractivity contribution in [3.05, 3.63) is 41.9 Å². The van der Waals surface area contributed by atoms with Crippen LogP contribution in [0, 0.1) is 6.92 Å². The zero-order chi connectivity index (χ0) is 15.7. The monoisotopic (exact) mass is 297 g/mol. The number of aryl methyl sites for hydroxylation is 1. The van der Waals surface area contributed by atoms with Crippen LogP contribution in [0.1, 0.15) is 30.0 Å². The molecule has 0 amide bonds. The SMILES string of the molecule is Cc1cc(C(=O)OC(C)C)nc2nc(-c3ccccn3)nn12. The molecule has 7 nitrogen and oxygen atoms in total. The second-order valence-corrected chi connectivity index (χ2v) is 5.10. The summed E-state index contributed by atoms with van der Waals surface area (Å²) in [7, 11) is 0. The van der Waals surface area contributed by atoms with Gasteiger partial charge in [0.25, 0.3) is 5.78 Å². The van der Waals surface area contributed by atoms with E-state index in [9.17, 15) is 4.79 Å². The van der Waals surface area contributed by atoms with E-state index in [0.717, 1.165) is 5.69 Å². The molecule has 3 rings (SSSR count). The number of hydrogen-bond donors (Lipinski definition) is 0. The first kappa shape index (κ1) is 14.1. The van der Waals surface area contributed by atoms with Crippen LogP contribution in [0.25, 0.3) is 17.3 Å². The first-order chi connectivity index (χ1) is 10.5. The molecule has 0 aliphatic rings. The zero-order valence-corrected chi connectivity index (χ0v) is 12.5. The second kappa shape index (κ2) is 5.51. The Balaban J connectivity index is 2.05. The average molecular weight is 297 g/mol. The summed E-state index contributed by atoms with van der Waals surface area (Å²) in [5.41, 5.74) is 1.62. The number of esters is 1. The summed E-state index contributed by atoms with van der Waals surface area (Å²) in [4.78, 5) is 24.7. The second-order valence-electron chi connectivity index (χ2n) is 5.10. The Morgan fingerprint density at radius 3 is 2.77 bits per heavy atom. The maximum atomic E-state index is 12.0. The van der Waals surface area contributed by atoms with Crippen LogP contribution in [0.4, 0.5) is 0 Å². The van der Waals surface area contributed by atoms with Gasteiger partial charge in [0.15, 0.2) is 5.69 Å². The van der Waals surface area contributed by atoms with Gasteiger partial charge >= 0.3 is 5.97 Å². The summed E-state index contributed by atoms with van der Waals surface area (Å²) < 4.78 is 6.74. The number of rotatable bonds is 3. The van der Waals surface area contributed by atoms with Gasteiger partial charge in [0.05, 0.1) is 6.10 Å². The summed E-state index contributed by atoms with van der Waals surface area (Å²) in [5.74, 6) is 0.338. The van der Waals surface area contributed by atoms with Crippen LogP contribution in [0.3, 0.4) is 0 Å². The fourth-order valence-electron chi connectivity index (χ4n) is 1.99. The molecule has 0 spiro atoms. The molecule has 112 valence electrons. The Bertz CT molecular complexity index is 827. The van der Waals surface area contributed by atoms with Gasteiger partial charge in [0, 0.05) is 11.9 Å². The largest absolute Gasteiger partial charge is 0.458 e. The predicted molar refractivity (Wildman–Crippen MR) is 79.3 cm³/mol. The smallest absolute Gasteiger partial charge is 0.357 e. The average Bonchev–Trinajstić information content (AvgIpc) is 2.92. The van der Waals surface area contributed by atoms with Crippen molar-refractivity contribution in [2.75, 3.05) is 0 Å². The quantitative estimate of drug-likeness (QED) is 0.688. The third-order valence-corrected chi connectivity index (χ3v) is 2.94. The molecule has 0 radical (unpaired) electrons. The van der Waals surface area contributed by atoms with E-state index in [0.29, 0.717) is 17.3 Å². The van der Waals surface area contributed by atoms with Crippen molar-refractivity contribution in [1.29, 1.82) is 0 Å². The first-order valence-corrected chi connectivity index (χ1v) is 6.91. The predicted octanol–water partition coefficient (Wildman–Crippen LogP) is 2.06. The number of hydrogen-bond acceptors (Lipinski definition) is 6. The molecule has 0 atom stereocenters. The minimum absolute atomic E-state index is 0.201. The number of fused-ring (bicyclic) bond motifs is 1. The van der Waals surface area contributed by atoms with Gasteiger partial charge in [0.2, 0.25) is 5.82 Å². The van der Waals surface area contributed by atoms with Crippen molar-refractivity contribution in [2.45, 2.75) is 26.9 Å². The van der Waals surface area contributed by atoms with Gasteiger partial charge in [0.1, 0.15) is 5.69 Å². The maximum Gasteiger partial charge on any atom is 0.357 e. The van der Waals surface area contributed by atoms with E-state index in [-0.39, 0.29) is 11.8 Å². The molecule has 0 aromatic carbocycles. The van der Waals surface area contributed by atoms with Gasteiger partial charge in [-0.15, -0.1) is 5.10 Å². The standard InChI is InChI=1S/C15H15N5O2/c1-9(2)22-14(21)12-8-10(3)20-15(17-12)18-13(19-20)11-6-4-5-7-16-11/h4-9H,1-3H3. The normalized spacial score (nSPS) is 11.1. The van der Waals surface area contributed by atoms with Gasteiger partial charge in [-0.1, -0.05) is 6.07 Å². The van der Waals surface area contributed by atoms with Crippen molar-refractivity contribution in [3.63, 3.8) is 0 Å². The number of carbonyl (C=O) groups excluding carboxylic acids is 1. The number of pyridine rings is 1. The minimum atomic E-state index is -0.469. The molecule has 3 aromatic heterocycles. The third kappa shape index (κ3) is 2.65. The van der Waals surface area contributed by atoms with E-state index in [1.54, 1.807) is 30.6 Å². The van der Waals surface area contributed by atoms with E-state index in [2.05, 4.69) is 20.1 Å². The molecule has 0 unspecified atom stereocenters. The highest BCUT2D eigenvalue weighted by atomic mass is 16.5. The van der Waals surface area contributed by atoms with Crippen molar-refractivity contribution >= 4 is 11.7 Å². The fraction of sp³-hybridized carbons (Fsp3) is 0.267. The van der Waals surface area contributed by atoms with Crippen molar-refractivity contribution in [1.82, 2.24) is 24.6 Å². The molecule has 7 heteroatoms. The molecular weight excluding hydrogens is 282 g/mol. The lowest BCUT2D eigenvalue weighted by molar-refractivity contribution is 0.0371. The lowest BCUT2D eigenvalue weighted by atomic mass is 10.3. The van der Waals surface area contributed by atoms with E-state index >= 15 is 0 Å². The van der Waals surface area contributed by atoms with Crippen molar-refractivity contribution in [2.24, 2.45) is 0 Å². The topological polar surface area (TPSA) is 82.3 Å². The Morgan fingerprint density at radius 1 is 1.27 bits per heavy atom. The van der Waals surface area contributed by atoms with Gasteiger partial charge < -0.3 is 4.74 Å². The molecule has 22 heavy (non-hydrogen) atoms. The molecule has 0 N–H and O–H groups in total. The summed E-state index contributed by atoms with van der Waals surface area (Å²) in [5, 5.41) is 4.37. The maximum absolute atomic E-state index is 12.0. The summed E-state index contributed by atoms with van der Waals surface area (Å²) in [6.07, 6.45) is 1.47. The Kier molecular flexibility index (Phi) is 3.54. The minimum Gasteiger partial charge on any atom is -0.458 e. The Labute approximate surface area is 127 Å². The van der Waals surface area contributed by atoms with Gasteiger partial charge in [-0.3, -0.25) is 4.98 Å². The molecule has 0 saturated heterocycles. The summed E-state index contributed by atoms with van der Waals surface area (Å²) in [6.45, 7) is 5.41. The van der Waals surface area contributed by atoms with Crippen molar-refractivity contribution < 1.29 is 9.53 Å². The zero-order valence-electron chi connectivity index (χ0n) is 12.5. The van der Waals surface area contributed by atoms with Gasteiger partial charge in [-0.2, -0.15) is 4.98 Å². The number of carbonyl (C=O) groups is 1. The van der Waals surface area contributed by atoms with E-state index in [4.69, 9.17) is 4.74 Å². The lowest BCUT2D eigenvalue weighted by Gasteiger charge is -2.07. The molecule has 0 saturated carbocycles. The van der Waals surface area contributed by atoms with Crippen LogP contribution in [0.15, 0.2) is 30.5 Å².